The number of rotatable bonds is 8. The average Bonchev–Trinajstić information content (AvgIpc) is 3.09. The molecule has 0 bridgehead atoms. The highest BCUT2D eigenvalue weighted by molar-refractivity contribution is 7.86. The zero-order valence-corrected chi connectivity index (χ0v) is 27.0. The first kappa shape index (κ1) is 32.6. The van der Waals surface area contributed by atoms with Gasteiger partial charge in [-0.1, -0.05) is 66.7 Å². The Morgan fingerprint density at radius 1 is 0.938 bits per heavy atom. The molecule has 0 saturated carbocycles. The van der Waals surface area contributed by atoms with E-state index in [9.17, 15) is 33.0 Å². The zero-order valence-electron chi connectivity index (χ0n) is 26.2. The summed E-state index contributed by atoms with van der Waals surface area (Å²) in [5, 5.41) is 6.09. The van der Waals surface area contributed by atoms with Gasteiger partial charge in [0, 0.05) is 25.4 Å². The lowest BCUT2D eigenvalue weighted by molar-refractivity contribution is -0.154. The smallest absolute Gasteiger partial charge is 0.355 e. The fourth-order valence-corrected chi connectivity index (χ4v) is 7.72. The van der Waals surface area contributed by atoms with Gasteiger partial charge in [0.2, 0.25) is 5.91 Å². The Balaban J connectivity index is 1.16. The second kappa shape index (κ2) is 13.4. The SMILES string of the molecule is CCN1CCN(C(=O)NC(C(=O)NC2C(=O)N3C(C(=O)OCc4ccc5ccccc5c4)=C(C)CS(=O)[C@H]23)c2ccccc2)C(=O)C1=O. The molecule has 48 heavy (non-hydrogen) atoms. The Bertz CT molecular complexity index is 1900. The quantitative estimate of drug-likeness (QED) is 0.208. The van der Waals surface area contributed by atoms with Crippen LogP contribution in [0.25, 0.3) is 10.8 Å². The normalized spacial score (nSPS) is 21.4. The Morgan fingerprint density at radius 3 is 2.38 bits per heavy atom. The van der Waals surface area contributed by atoms with Gasteiger partial charge in [0.25, 0.3) is 5.91 Å². The number of likely N-dealkylation sites (N-methyl/N-ethyl adjacent to an activating group) is 1. The number of fused-ring (bicyclic) bond motifs is 2. The molecule has 3 aliphatic heterocycles. The van der Waals surface area contributed by atoms with Gasteiger partial charge in [0.1, 0.15) is 29.8 Å². The van der Waals surface area contributed by atoms with Crippen LogP contribution in [0.1, 0.15) is 31.0 Å². The summed E-state index contributed by atoms with van der Waals surface area (Å²) in [6, 6.07) is 18.0. The van der Waals surface area contributed by atoms with E-state index in [1.807, 2.05) is 42.5 Å². The molecule has 0 aromatic heterocycles. The maximum atomic E-state index is 13.7. The molecule has 6 amide bonds. The fourth-order valence-electron chi connectivity index (χ4n) is 6.05. The molecular formula is C34H33N5O8S. The fraction of sp³-hybridized carbons (Fsp3) is 0.294. The number of nitrogens with one attached hydrogen (secondary N) is 2. The number of carbonyl (C=O) groups is 6. The third kappa shape index (κ3) is 6.06. The van der Waals surface area contributed by atoms with Crippen molar-refractivity contribution in [3.63, 3.8) is 0 Å². The van der Waals surface area contributed by atoms with Crippen LogP contribution in [0.2, 0.25) is 0 Å². The minimum atomic E-state index is -1.66. The summed E-state index contributed by atoms with van der Waals surface area (Å²) in [5.74, 6) is -4.07. The van der Waals surface area contributed by atoms with Crippen LogP contribution in [0, 0.1) is 0 Å². The van der Waals surface area contributed by atoms with E-state index in [-0.39, 0.29) is 31.1 Å². The van der Waals surface area contributed by atoms with Crippen LogP contribution in [-0.2, 0) is 46.1 Å². The highest BCUT2D eigenvalue weighted by Gasteiger charge is 2.57. The lowest BCUT2D eigenvalue weighted by Crippen LogP contribution is -2.74. The van der Waals surface area contributed by atoms with Crippen molar-refractivity contribution >= 4 is 57.2 Å². The number of hydrogen-bond acceptors (Lipinski definition) is 8. The van der Waals surface area contributed by atoms with E-state index >= 15 is 0 Å². The lowest BCUT2D eigenvalue weighted by Gasteiger charge is -2.49. The van der Waals surface area contributed by atoms with Gasteiger partial charge in [-0.2, -0.15) is 0 Å². The molecule has 13 nitrogen and oxygen atoms in total. The maximum absolute atomic E-state index is 13.7. The predicted octanol–water partition coefficient (Wildman–Crippen LogP) is 1.71. The molecule has 3 unspecified atom stereocenters. The van der Waals surface area contributed by atoms with Gasteiger partial charge in [0.05, 0.1) is 10.8 Å². The third-order valence-corrected chi connectivity index (χ3v) is 10.3. The van der Waals surface area contributed by atoms with E-state index in [2.05, 4.69) is 10.6 Å². The molecule has 4 atom stereocenters. The topological polar surface area (TPSA) is 162 Å². The van der Waals surface area contributed by atoms with Crippen LogP contribution in [0.5, 0.6) is 0 Å². The molecule has 248 valence electrons. The first-order valence-corrected chi connectivity index (χ1v) is 16.8. The second-order valence-electron chi connectivity index (χ2n) is 11.6. The number of carbonyl (C=O) groups excluding carboxylic acids is 6. The standard InChI is InChI=1S/C34H33N5O8S/c1-3-37-15-16-38(31(43)30(37)42)34(45)36-25(23-10-5-4-6-11-23)28(40)35-26-29(41)39-27(20(2)19-48(46)32(26)39)33(44)47-18-21-13-14-22-9-7-8-12-24(22)17-21/h4-14,17,25-26,32H,3,15-16,18-19H2,1-2H3,(H,35,40)(H,36,45)/t25?,26?,32-,48?/m1/s1. The van der Waals surface area contributed by atoms with Crippen LogP contribution in [-0.4, -0.2) is 91.3 Å². The van der Waals surface area contributed by atoms with Crippen LogP contribution >= 0.6 is 0 Å². The van der Waals surface area contributed by atoms with Gasteiger partial charge in [-0.3, -0.25) is 33.2 Å². The maximum Gasteiger partial charge on any atom is 0.355 e. The van der Waals surface area contributed by atoms with E-state index < -0.39 is 63.9 Å². The van der Waals surface area contributed by atoms with Crippen molar-refractivity contribution in [2.45, 2.75) is 37.9 Å². The monoisotopic (exact) mass is 671 g/mol. The summed E-state index contributed by atoms with van der Waals surface area (Å²) in [6.45, 7) is 3.67. The molecular weight excluding hydrogens is 638 g/mol. The van der Waals surface area contributed by atoms with Crippen LogP contribution in [0.15, 0.2) is 84.1 Å². The molecule has 0 aliphatic carbocycles. The van der Waals surface area contributed by atoms with Crippen LogP contribution in [0.4, 0.5) is 4.79 Å². The summed E-state index contributed by atoms with van der Waals surface area (Å²) in [4.78, 5) is 81.8. The molecule has 2 saturated heterocycles. The number of β-lactam (4-membered cyclic amide) rings is 1. The van der Waals surface area contributed by atoms with Gasteiger partial charge in [-0.15, -0.1) is 0 Å². The lowest BCUT2D eigenvalue weighted by atomic mass is 10.0. The van der Waals surface area contributed by atoms with Gasteiger partial charge >= 0.3 is 23.8 Å². The minimum Gasteiger partial charge on any atom is -0.456 e. The average molecular weight is 672 g/mol. The molecule has 0 spiro atoms. The second-order valence-corrected chi connectivity index (χ2v) is 13.2. The Morgan fingerprint density at radius 2 is 1.65 bits per heavy atom. The highest BCUT2D eigenvalue weighted by atomic mass is 32.2. The summed E-state index contributed by atoms with van der Waals surface area (Å²) in [5.41, 5.74) is 1.50. The van der Waals surface area contributed by atoms with E-state index in [1.165, 1.54) is 4.90 Å². The minimum absolute atomic E-state index is 0.0139. The molecule has 3 aromatic carbocycles. The highest BCUT2D eigenvalue weighted by Crippen LogP contribution is 2.35. The molecule has 6 rings (SSSR count). The molecule has 3 aliphatic rings. The van der Waals surface area contributed by atoms with Gasteiger partial charge in [-0.25, -0.2) is 9.59 Å². The number of urea groups is 1. The third-order valence-electron chi connectivity index (χ3n) is 8.59. The number of hydrogen-bond donors (Lipinski definition) is 2. The van der Waals surface area contributed by atoms with Gasteiger partial charge in [0.15, 0.2) is 0 Å². The number of benzene rings is 3. The van der Waals surface area contributed by atoms with Crippen molar-refractivity contribution in [3.8, 4) is 0 Å². The zero-order chi connectivity index (χ0) is 34.1. The van der Waals surface area contributed by atoms with E-state index in [0.29, 0.717) is 17.7 Å². The van der Waals surface area contributed by atoms with Crippen molar-refractivity contribution in [1.29, 1.82) is 0 Å². The summed E-state index contributed by atoms with van der Waals surface area (Å²) >= 11 is 0. The first-order chi connectivity index (χ1) is 23.1. The summed E-state index contributed by atoms with van der Waals surface area (Å²) in [6.07, 6.45) is 0. The van der Waals surface area contributed by atoms with Crippen molar-refractivity contribution in [2.75, 3.05) is 25.4 Å². The van der Waals surface area contributed by atoms with E-state index in [1.54, 1.807) is 44.2 Å². The Labute approximate surface area is 278 Å². The number of amides is 6. The van der Waals surface area contributed by atoms with E-state index in [4.69, 9.17) is 4.74 Å². The van der Waals surface area contributed by atoms with Gasteiger partial charge in [-0.05, 0) is 47.4 Å². The van der Waals surface area contributed by atoms with Crippen molar-refractivity contribution in [2.24, 2.45) is 0 Å². The number of esters is 1. The van der Waals surface area contributed by atoms with Crippen LogP contribution < -0.4 is 10.6 Å². The summed E-state index contributed by atoms with van der Waals surface area (Å²) < 4.78 is 18.8. The predicted molar refractivity (Wildman–Crippen MR) is 174 cm³/mol. The molecule has 2 N–H and O–H groups in total. The van der Waals surface area contributed by atoms with Crippen molar-refractivity contribution in [3.05, 3.63) is 95.2 Å². The van der Waals surface area contributed by atoms with Crippen LogP contribution in [0.3, 0.4) is 0 Å². The molecule has 3 heterocycles. The summed E-state index contributed by atoms with van der Waals surface area (Å²) in [7, 11) is -1.66. The Kier molecular flexibility index (Phi) is 9.09. The largest absolute Gasteiger partial charge is 0.456 e. The number of ether oxygens (including phenoxy) is 1. The molecule has 3 aromatic rings. The Hall–Kier alpha value is -5.37. The number of imide groups is 1. The molecule has 14 heteroatoms. The number of piperazine rings is 1. The van der Waals surface area contributed by atoms with Crippen molar-refractivity contribution in [1.82, 2.24) is 25.3 Å². The molecule has 0 radical (unpaired) electrons. The van der Waals surface area contributed by atoms with E-state index in [0.717, 1.165) is 26.1 Å². The first-order valence-electron chi connectivity index (χ1n) is 15.4. The molecule has 2 fully saturated rings. The van der Waals surface area contributed by atoms with Crippen molar-refractivity contribution < 1.29 is 37.7 Å². The number of nitrogens with zero attached hydrogens (tertiary/aromatic N) is 3. The van der Waals surface area contributed by atoms with Gasteiger partial charge < -0.3 is 20.3 Å².